The van der Waals surface area contributed by atoms with Gasteiger partial charge in [-0.3, -0.25) is 4.90 Å². The lowest BCUT2D eigenvalue weighted by molar-refractivity contribution is 0.600. The number of hydrogen-bond acceptors (Lipinski definition) is 5. The molecular weight excluding hydrogens is 1080 g/mol. The van der Waals surface area contributed by atoms with E-state index in [0.717, 1.165) is 49.9 Å². The molecule has 5 heteroatoms. The van der Waals surface area contributed by atoms with Crippen LogP contribution < -0.4 is 4.90 Å². The quantitative estimate of drug-likeness (QED) is 0.159. The molecule has 4 aliphatic carbocycles. The van der Waals surface area contributed by atoms with Crippen LogP contribution in [0.4, 0.5) is 17.3 Å². The SMILES string of the molecule is CC1(C)c2cc(N(c3ccc4c(c3)C(c3ccccc3)(c3ccccc3)c3cc5c(cc3-4)C(c3ccccc3)(c3ccccc3)c3ccc4oc6ccccc6c4c3-5)c3ncccn3)ccc2-c2c1c1c(c3c2oc2ccccc23)-c2ccccc2C1(C)C. The Morgan fingerprint density at radius 3 is 1.43 bits per heavy atom. The lowest BCUT2D eigenvalue weighted by atomic mass is 9.66. The van der Waals surface area contributed by atoms with Crippen molar-refractivity contribution in [3.05, 3.63) is 340 Å². The molecule has 0 amide bonds. The van der Waals surface area contributed by atoms with Crippen LogP contribution in [-0.2, 0) is 21.7 Å². The summed E-state index contributed by atoms with van der Waals surface area (Å²) in [5.74, 6) is 0.584. The van der Waals surface area contributed by atoms with Crippen LogP contribution in [0, 0.1) is 0 Å². The first kappa shape index (κ1) is 50.3. The van der Waals surface area contributed by atoms with E-state index >= 15 is 0 Å². The Labute approximate surface area is 515 Å². The van der Waals surface area contributed by atoms with Crippen LogP contribution >= 0.6 is 0 Å². The summed E-state index contributed by atoms with van der Waals surface area (Å²) in [5.41, 5.74) is 28.1. The molecule has 0 fully saturated rings. The standard InChI is InChI=1S/C84H57N3O2/c1-81(2)63-35-20-17-32-57(63)74-75-60-34-19-22-37-70(60)89-79(75)76-58-41-39-54(46-65(58)82(3,4)78(76)77(74)81)87(80-85-44-23-45-86-80)55-38-40-56-61-48-68-62(49-67(61)84(66(56)47-55,52-28-13-7-14-29-52)53-30-15-8-16-31-53)72-64(42-43-71-73(72)59-33-18-21-36-69(59)88-71)83(68,50-24-9-5-10-25-50)51-26-11-6-12-27-51/h5-49H,1-4H3. The Hall–Kier alpha value is -10.9. The van der Waals surface area contributed by atoms with Crippen LogP contribution in [0.2, 0.25) is 0 Å². The summed E-state index contributed by atoms with van der Waals surface area (Å²) in [6.45, 7) is 9.66. The van der Waals surface area contributed by atoms with Crippen molar-refractivity contribution in [1.29, 1.82) is 0 Å². The summed E-state index contributed by atoms with van der Waals surface area (Å²) in [6.07, 6.45) is 3.72. The third kappa shape index (κ3) is 6.38. The number of anilines is 3. The molecule has 0 radical (unpaired) electrons. The van der Waals surface area contributed by atoms with Gasteiger partial charge in [-0.1, -0.05) is 228 Å². The van der Waals surface area contributed by atoms with Crippen molar-refractivity contribution in [2.24, 2.45) is 0 Å². The van der Waals surface area contributed by atoms with E-state index in [9.17, 15) is 0 Å². The minimum Gasteiger partial charge on any atom is -0.456 e. The van der Waals surface area contributed by atoms with E-state index in [0.29, 0.717) is 5.95 Å². The fourth-order valence-electron chi connectivity index (χ4n) is 17.3. The van der Waals surface area contributed by atoms with Crippen LogP contribution in [0.5, 0.6) is 0 Å². The van der Waals surface area contributed by atoms with Gasteiger partial charge in [-0.2, -0.15) is 0 Å². The van der Waals surface area contributed by atoms with Gasteiger partial charge in [0.1, 0.15) is 22.3 Å². The predicted molar refractivity (Wildman–Crippen MR) is 361 cm³/mol. The molecule has 420 valence electrons. The number of rotatable bonds is 7. The minimum absolute atomic E-state index is 0.269. The summed E-state index contributed by atoms with van der Waals surface area (Å²) in [4.78, 5) is 12.5. The fraction of sp³-hybridized carbons (Fsp3) is 0.0952. The van der Waals surface area contributed by atoms with E-state index < -0.39 is 16.2 Å². The summed E-state index contributed by atoms with van der Waals surface area (Å²) < 4.78 is 13.9. The first-order chi connectivity index (χ1) is 43.7. The Bertz CT molecular complexity index is 5410. The zero-order valence-corrected chi connectivity index (χ0v) is 49.6. The molecule has 0 saturated carbocycles. The second kappa shape index (κ2) is 17.9. The van der Waals surface area contributed by atoms with E-state index in [2.05, 4.69) is 287 Å². The monoisotopic (exact) mass is 1140 g/mol. The maximum absolute atomic E-state index is 7.13. The molecule has 3 aromatic heterocycles. The van der Waals surface area contributed by atoms with Gasteiger partial charge >= 0.3 is 0 Å². The van der Waals surface area contributed by atoms with E-state index in [1.807, 2.05) is 18.5 Å². The number of benzene rings is 12. The molecule has 0 spiro atoms. The van der Waals surface area contributed by atoms with Crippen molar-refractivity contribution in [3.63, 3.8) is 0 Å². The van der Waals surface area contributed by atoms with Crippen molar-refractivity contribution in [1.82, 2.24) is 9.97 Å². The molecule has 89 heavy (non-hydrogen) atoms. The van der Waals surface area contributed by atoms with Gasteiger partial charge in [0.2, 0.25) is 5.95 Å². The highest BCUT2D eigenvalue weighted by molar-refractivity contribution is 6.21. The summed E-state index contributed by atoms with van der Waals surface area (Å²) in [7, 11) is 0. The maximum Gasteiger partial charge on any atom is 0.234 e. The summed E-state index contributed by atoms with van der Waals surface area (Å²) in [6, 6.07) is 96.6. The van der Waals surface area contributed by atoms with Gasteiger partial charge in [-0.05, 0) is 166 Å². The van der Waals surface area contributed by atoms with Crippen molar-refractivity contribution < 1.29 is 8.83 Å². The highest BCUT2D eigenvalue weighted by Gasteiger charge is 2.53. The molecule has 12 aromatic carbocycles. The van der Waals surface area contributed by atoms with E-state index in [1.54, 1.807) is 0 Å². The van der Waals surface area contributed by atoms with E-state index in [-0.39, 0.29) is 5.41 Å². The predicted octanol–water partition coefficient (Wildman–Crippen LogP) is 21.1. The van der Waals surface area contributed by atoms with Gasteiger partial charge in [0.25, 0.3) is 0 Å². The number of nitrogens with zero attached hydrogens (tertiary/aromatic N) is 3. The smallest absolute Gasteiger partial charge is 0.234 e. The molecule has 4 aliphatic rings. The Morgan fingerprint density at radius 2 is 0.787 bits per heavy atom. The fourth-order valence-corrected chi connectivity index (χ4v) is 17.3. The van der Waals surface area contributed by atoms with Crippen LogP contribution in [0.1, 0.15) is 94.5 Å². The molecule has 19 rings (SSSR count). The van der Waals surface area contributed by atoms with Crippen LogP contribution in [-0.4, -0.2) is 9.97 Å². The molecule has 0 unspecified atom stereocenters. The zero-order valence-electron chi connectivity index (χ0n) is 49.6. The molecule has 0 bridgehead atoms. The Morgan fingerprint density at radius 1 is 0.315 bits per heavy atom. The zero-order chi connectivity index (χ0) is 59.1. The molecule has 0 N–H and O–H groups in total. The molecular formula is C84H57N3O2. The first-order valence-electron chi connectivity index (χ1n) is 31.0. The topological polar surface area (TPSA) is 55.3 Å². The number of para-hydroxylation sites is 2. The summed E-state index contributed by atoms with van der Waals surface area (Å²) >= 11 is 0. The van der Waals surface area contributed by atoms with Crippen molar-refractivity contribution >= 4 is 61.2 Å². The largest absolute Gasteiger partial charge is 0.456 e. The highest BCUT2D eigenvalue weighted by atomic mass is 16.3. The number of hydrogen-bond donors (Lipinski definition) is 0. The van der Waals surface area contributed by atoms with Gasteiger partial charge in [0, 0.05) is 61.7 Å². The van der Waals surface area contributed by atoms with Crippen molar-refractivity contribution in [2.75, 3.05) is 4.90 Å². The van der Waals surface area contributed by atoms with Gasteiger partial charge in [0.15, 0.2) is 0 Å². The second-order valence-corrected chi connectivity index (χ2v) is 25.8. The normalized spacial score (nSPS) is 15.3. The molecule has 0 saturated heterocycles. The van der Waals surface area contributed by atoms with Crippen LogP contribution in [0.25, 0.3) is 88.4 Å². The summed E-state index contributed by atoms with van der Waals surface area (Å²) in [5, 5.41) is 4.59. The van der Waals surface area contributed by atoms with Crippen molar-refractivity contribution in [2.45, 2.75) is 49.4 Å². The molecule has 3 heterocycles. The van der Waals surface area contributed by atoms with Gasteiger partial charge < -0.3 is 8.83 Å². The van der Waals surface area contributed by atoms with Gasteiger partial charge in [0.05, 0.1) is 10.8 Å². The lowest BCUT2D eigenvalue weighted by Gasteiger charge is -2.36. The average molecular weight is 1140 g/mol. The van der Waals surface area contributed by atoms with Crippen molar-refractivity contribution in [3.8, 4) is 44.5 Å². The van der Waals surface area contributed by atoms with Gasteiger partial charge in [-0.25, -0.2) is 9.97 Å². The van der Waals surface area contributed by atoms with Gasteiger partial charge in [-0.15, -0.1) is 0 Å². The Kier molecular flexibility index (Phi) is 10.1. The van der Waals surface area contributed by atoms with E-state index in [1.165, 1.54) is 117 Å². The number of aromatic nitrogens is 2. The third-order valence-electron chi connectivity index (χ3n) is 20.9. The second-order valence-electron chi connectivity index (χ2n) is 25.8. The van der Waals surface area contributed by atoms with Crippen LogP contribution in [0.15, 0.2) is 282 Å². The average Bonchev–Trinajstić information content (AvgIpc) is 1.53. The van der Waals surface area contributed by atoms with Crippen LogP contribution in [0.3, 0.4) is 0 Å². The maximum atomic E-state index is 7.13. The third-order valence-corrected chi connectivity index (χ3v) is 20.9. The van der Waals surface area contributed by atoms with E-state index in [4.69, 9.17) is 18.8 Å². The minimum atomic E-state index is -0.789. The molecule has 0 aliphatic heterocycles. The Balaban J connectivity index is 0.877. The first-order valence-corrected chi connectivity index (χ1v) is 31.0. The molecule has 0 atom stereocenters. The highest BCUT2D eigenvalue weighted by Crippen LogP contribution is 2.67. The molecule has 5 nitrogen and oxygen atoms in total. The number of fused-ring (bicyclic) bond motifs is 22. The molecule has 15 aromatic rings. The lowest BCUT2D eigenvalue weighted by Crippen LogP contribution is -2.30. The number of furan rings is 2.